The summed E-state index contributed by atoms with van der Waals surface area (Å²) < 4.78 is 0.773. The van der Waals surface area contributed by atoms with Gasteiger partial charge in [0.15, 0.2) is 0 Å². The number of hydrogen-bond acceptors (Lipinski definition) is 1. The summed E-state index contributed by atoms with van der Waals surface area (Å²) in [5.74, 6) is 0.798. The molecule has 0 aliphatic heterocycles. The maximum atomic E-state index is 12.4. The standard InChI is InChI=1S/C14H17BrClNO/c1-2-17(9-10-4-3-5-10)14(18)11-6-7-13(16)12(15)8-11/h6-8,10H,2-5,9H2,1H3. The van der Waals surface area contributed by atoms with Crippen molar-refractivity contribution in [2.24, 2.45) is 5.92 Å². The molecule has 1 aromatic carbocycles. The van der Waals surface area contributed by atoms with E-state index in [0.29, 0.717) is 16.5 Å². The van der Waals surface area contributed by atoms with Crippen molar-refractivity contribution in [3.05, 3.63) is 33.3 Å². The van der Waals surface area contributed by atoms with E-state index in [1.165, 1.54) is 19.3 Å². The summed E-state index contributed by atoms with van der Waals surface area (Å²) in [6.45, 7) is 3.67. The fourth-order valence-corrected chi connectivity index (χ4v) is 2.65. The van der Waals surface area contributed by atoms with Crippen LogP contribution < -0.4 is 0 Å². The largest absolute Gasteiger partial charge is 0.339 e. The summed E-state index contributed by atoms with van der Waals surface area (Å²) in [5.41, 5.74) is 0.701. The van der Waals surface area contributed by atoms with Crippen molar-refractivity contribution in [1.29, 1.82) is 0 Å². The van der Waals surface area contributed by atoms with E-state index >= 15 is 0 Å². The maximum absolute atomic E-state index is 12.4. The van der Waals surface area contributed by atoms with Crippen molar-refractivity contribution in [1.82, 2.24) is 4.90 Å². The lowest BCUT2D eigenvalue weighted by Gasteiger charge is -2.31. The van der Waals surface area contributed by atoms with Gasteiger partial charge in [-0.25, -0.2) is 0 Å². The van der Waals surface area contributed by atoms with Gasteiger partial charge in [0.2, 0.25) is 0 Å². The summed E-state index contributed by atoms with van der Waals surface area (Å²) in [7, 11) is 0. The van der Waals surface area contributed by atoms with Gasteiger partial charge in [0.1, 0.15) is 0 Å². The molecule has 0 atom stereocenters. The first-order valence-corrected chi connectivity index (χ1v) is 7.53. The van der Waals surface area contributed by atoms with Gasteiger partial charge in [-0.2, -0.15) is 0 Å². The van der Waals surface area contributed by atoms with Crippen LogP contribution in [0.4, 0.5) is 0 Å². The highest BCUT2D eigenvalue weighted by Gasteiger charge is 2.23. The van der Waals surface area contributed by atoms with E-state index in [1.54, 1.807) is 18.2 Å². The van der Waals surface area contributed by atoms with E-state index in [1.807, 2.05) is 11.8 Å². The van der Waals surface area contributed by atoms with Gasteiger partial charge in [-0.15, -0.1) is 0 Å². The van der Waals surface area contributed by atoms with Crippen LogP contribution in [0.3, 0.4) is 0 Å². The van der Waals surface area contributed by atoms with Crippen LogP contribution in [-0.2, 0) is 0 Å². The van der Waals surface area contributed by atoms with Crippen LogP contribution in [0.15, 0.2) is 22.7 Å². The Labute approximate surface area is 121 Å². The Morgan fingerprint density at radius 2 is 2.22 bits per heavy atom. The van der Waals surface area contributed by atoms with Gasteiger partial charge in [0.25, 0.3) is 5.91 Å². The molecule has 0 unspecified atom stereocenters. The highest BCUT2D eigenvalue weighted by atomic mass is 79.9. The molecule has 18 heavy (non-hydrogen) atoms. The highest BCUT2D eigenvalue weighted by Crippen LogP contribution is 2.28. The normalized spacial score (nSPS) is 15.3. The second-order valence-corrected chi connectivity index (χ2v) is 6.03. The molecular weight excluding hydrogens is 314 g/mol. The molecule has 1 saturated carbocycles. The van der Waals surface area contributed by atoms with Crippen LogP contribution in [0.25, 0.3) is 0 Å². The van der Waals surface area contributed by atoms with Crippen LogP contribution in [0.2, 0.25) is 5.02 Å². The number of hydrogen-bond donors (Lipinski definition) is 0. The predicted octanol–water partition coefficient (Wildman–Crippen LogP) is 4.36. The molecule has 0 N–H and O–H groups in total. The Hall–Kier alpha value is -0.540. The molecule has 1 aliphatic carbocycles. The van der Waals surface area contributed by atoms with E-state index in [0.717, 1.165) is 17.6 Å². The Bertz CT molecular complexity index is 445. The smallest absolute Gasteiger partial charge is 0.253 e. The van der Waals surface area contributed by atoms with Gasteiger partial charge >= 0.3 is 0 Å². The zero-order valence-electron chi connectivity index (χ0n) is 10.5. The van der Waals surface area contributed by atoms with E-state index in [-0.39, 0.29) is 5.91 Å². The van der Waals surface area contributed by atoms with Gasteiger partial charge < -0.3 is 4.90 Å². The highest BCUT2D eigenvalue weighted by molar-refractivity contribution is 9.10. The van der Waals surface area contributed by atoms with Gasteiger partial charge in [-0.05, 0) is 59.8 Å². The molecule has 1 aliphatic rings. The molecule has 1 aromatic rings. The molecule has 4 heteroatoms. The summed E-state index contributed by atoms with van der Waals surface area (Å²) in [4.78, 5) is 14.3. The van der Waals surface area contributed by atoms with Crippen LogP contribution in [0.5, 0.6) is 0 Å². The fourth-order valence-electron chi connectivity index (χ4n) is 2.15. The molecular formula is C14H17BrClNO. The molecule has 0 saturated heterocycles. The number of amides is 1. The van der Waals surface area contributed by atoms with E-state index in [4.69, 9.17) is 11.6 Å². The number of carbonyl (C=O) groups is 1. The number of nitrogens with zero attached hydrogens (tertiary/aromatic N) is 1. The van der Waals surface area contributed by atoms with Gasteiger partial charge in [0.05, 0.1) is 5.02 Å². The minimum Gasteiger partial charge on any atom is -0.339 e. The van der Waals surface area contributed by atoms with Crippen molar-refractivity contribution >= 4 is 33.4 Å². The third-order valence-electron chi connectivity index (χ3n) is 3.54. The minimum absolute atomic E-state index is 0.0989. The first-order valence-electron chi connectivity index (χ1n) is 6.36. The van der Waals surface area contributed by atoms with Crippen molar-refractivity contribution in [3.63, 3.8) is 0 Å². The molecule has 2 rings (SSSR count). The Kier molecular flexibility index (Phi) is 4.68. The first kappa shape index (κ1) is 13.9. The van der Waals surface area contributed by atoms with E-state index in [2.05, 4.69) is 15.9 Å². The molecule has 1 amide bonds. The van der Waals surface area contributed by atoms with Crippen molar-refractivity contribution in [3.8, 4) is 0 Å². The lowest BCUT2D eigenvalue weighted by atomic mass is 9.85. The maximum Gasteiger partial charge on any atom is 0.253 e. The molecule has 0 aromatic heterocycles. The third kappa shape index (κ3) is 3.07. The monoisotopic (exact) mass is 329 g/mol. The minimum atomic E-state index is 0.0989. The van der Waals surface area contributed by atoms with Gasteiger partial charge in [0, 0.05) is 23.1 Å². The van der Waals surface area contributed by atoms with Gasteiger partial charge in [-0.1, -0.05) is 18.0 Å². The average molecular weight is 331 g/mol. The number of benzene rings is 1. The Morgan fingerprint density at radius 3 is 2.72 bits per heavy atom. The molecule has 0 radical (unpaired) electrons. The fraction of sp³-hybridized carbons (Fsp3) is 0.500. The summed E-state index contributed by atoms with van der Waals surface area (Å²) >= 11 is 9.30. The summed E-state index contributed by atoms with van der Waals surface area (Å²) in [6, 6.07) is 5.35. The average Bonchev–Trinajstić information content (AvgIpc) is 2.31. The predicted molar refractivity (Wildman–Crippen MR) is 78.1 cm³/mol. The van der Waals surface area contributed by atoms with Gasteiger partial charge in [-0.3, -0.25) is 4.79 Å². The first-order chi connectivity index (χ1) is 8.61. The van der Waals surface area contributed by atoms with Crippen molar-refractivity contribution < 1.29 is 4.79 Å². The molecule has 98 valence electrons. The number of carbonyl (C=O) groups excluding carboxylic acids is 1. The molecule has 2 nitrogen and oxygen atoms in total. The van der Waals surface area contributed by atoms with Crippen LogP contribution >= 0.6 is 27.5 Å². The summed E-state index contributed by atoms with van der Waals surface area (Å²) in [6.07, 6.45) is 3.82. The second-order valence-electron chi connectivity index (χ2n) is 4.77. The molecule has 0 heterocycles. The van der Waals surface area contributed by atoms with E-state index < -0.39 is 0 Å². The topological polar surface area (TPSA) is 20.3 Å². The van der Waals surface area contributed by atoms with Crippen LogP contribution in [0, 0.1) is 5.92 Å². The molecule has 0 spiro atoms. The zero-order valence-corrected chi connectivity index (χ0v) is 12.8. The van der Waals surface area contributed by atoms with Crippen molar-refractivity contribution in [2.45, 2.75) is 26.2 Å². The second kappa shape index (κ2) is 6.07. The lowest BCUT2D eigenvalue weighted by molar-refractivity contribution is 0.0706. The number of rotatable bonds is 4. The SMILES string of the molecule is CCN(CC1CCC1)C(=O)c1ccc(Cl)c(Br)c1. The lowest BCUT2D eigenvalue weighted by Crippen LogP contribution is -2.37. The van der Waals surface area contributed by atoms with Crippen LogP contribution in [-0.4, -0.2) is 23.9 Å². The molecule has 0 bridgehead atoms. The third-order valence-corrected chi connectivity index (χ3v) is 4.75. The quantitative estimate of drug-likeness (QED) is 0.803. The Morgan fingerprint density at radius 1 is 1.50 bits per heavy atom. The number of halogens is 2. The van der Waals surface area contributed by atoms with Crippen molar-refractivity contribution in [2.75, 3.05) is 13.1 Å². The van der Waals surface area contributed by atoms with Crippen LogP contribution in [0.1, 0.15) is 36.5 Å². The Balaban J connectivity index is 2.09. The summed E-state index contributed by atoms with van der Waals surface area (Å²) in [5, 5.41) is 0.633. The zero-order chi connectivity index (χ0) is 13.1. The molecule has 1 fully saturated rings. The van der Waals surface area contributed by atoms with E-state index in [9.17, 15) is 4.79 Å².